The first-order chi connectivity index (χ1) is 5.66. The average Bonchev–Trinajstić information content (AvgIpc) is 2.29. The molecule has 0 aliphatic rings. The molecule has 6 heteroatoms. The second-order valence-corrected chi connectivity index (χ2v) is 2.90. The summed E-state index contributed by atoms with van der Waals surface area (Å²) in [7, 11) is 0. The number of aromatic amines is 1. The van der Waals surface area contributed by atoms with Gasteiger partial charge in [-0.3, -0.25) is 0 Å². The van der Waals surface area contributed by atoms with Gasteiger partial charge in [0, 0.05) is 6.07 Å². The van der Waals surface area contributed by atoms with Gasteiger partial charge in [-0.2, -0.15) is 4.98 Å². The van der Waals surface area contributed by atoms with E-state index in [0.29, 0.717) is 11.0 Å². The summed E-state index contributed by atoms with van der Waals surface area (Å²) in [6.07, 6.45) is 0. The number of fused-ring (bicyclic) bond motifs is 1. The lowest BCUT2D eigenvalue weighted by Gasteiger charge is -1.91. The Balaban J connectivity index is 2.88. The molecule has 0 spiro atoms. The molecular formula is C6H3Cl2N3O. The summed E-state index contributed by atoms with van der Waals surface area (Å²) in [5.41, 5.74) is 0.428. The summed E-state index contributed by atoms with van der Waals surface area (Å²) < 4.78 is 0. The van der Waals surface area contributed by atoms with Crippen molar-refractivity contribution >= 4 is 34.2 Å². The highest BCUT2D eigenvalue weighted by atomic mass is 35.5. The Kier molecular flexibility index (Phi) is 1.59. The van der Waals surface area contributed by atoms with Crippen LogP contribution < -0.4 is 0 Å². The molecule has 0 atom stereocenters. The lowest BCUT2D eigenvalue weighted by molar-refractivity contribution is 0.458. The molecule has 0 unspecified atom stereocenters. The van der Waals surface area contributed by atoms with Gasteiger partial charge in [0.05, 0.1) is 5.39 Å². The Bertz CT molecular complexity index is 440. The van der Waals surface area contributed by atoms with Crippen molar-refractivity contribution in [3.63, 3.8) is 0 Å². The monoisotopic (exact) mass is 203 g/mol. The normalized spacial score (nSPS) is 10.8. The molecule has 62 valence electrons. The maximum atomic E-state index is 9.05. The predicted octanol–water partition coefficient (Wildman–Crippen LogP) is 1.97. The van der Waals surface area contributed by atoms with E-state index in [1.54, 1.807) is 0 Å². The molecule has 0 aromatic carbocycles. The molecule has 2 N–H and O–H groups in total. The molecule has 2 aromatic rings. The average molecular weight is 204 g/mol. The van der Waals surface area contributed by atoms with E-state index in [4.69, 9.17) is 28.3 Å². The third-order valence-corrected chi connectivity index (χ3v) is 1.86. The van der Waals surface area contributed by atoms with Crippen LogP contribution in [0.4, 0.5) is 0 Å². The number of hydrogen-bond donors (Lipinski definition) is 2. The van der Waals surface area contributed by atoms with Crippen LogP contribution in [0, 0.1) is 0 Å². The number of halogens is 2. The van der Waals surface area contributed by atoms with Crippen LogP contribution >= 0.6 is 23.2 Å². The number of aromatic nitrogens is 3. The molecule has 0 radical (unpaired) electrons. The highest BCUT2D eigenvalue weighted by Crippen LogP contribution is 2.24. The first kappa shape index (κ1) is 7.64. The molecule has 2 rings (SSSR count). The second-order valence-electron chi connectivity index (χ2n) is 2.20. The molecule has 0 bridgehead atoms. The minimum Gasteiger partial charge on any atom is -0.495 e. The van der Waals surface area contributed by atoms with Gasteiger partial charge >= 0.3 is 0 Å². The SMILES string of the molecule is Oc1cc2c(Cl)nc(Cl)nc2[nH]1. The fraction of sp³-hybridized carbons (Fsp3) is 0. The third-order valence-electron chi connectivity index (χ3n) is 1.40. The van der Waals surface area contributed by atoms with Crippen LogP contribution in [0.25, 0.3) is 11.0 Å². The molecule has 4 nitrogen and oxygen atoms in total. The van der Waals surface area contributed by atoms with Crippen molar-refractivity contribution in [3.8, 4) is 5.88 Å². The van der Waals surface area contributed by atoms with Crippen molar-refractivity contribution in [2.24, 2.45) is 0 Å². The smallest absolute Gasteiger partial charge is 0.225 e. The van der Waals surface area contributed by atoms with Crippen molar-refractivity contribution in [2.45, 2.75) is 0 Å². The first-order valence-corrected chi connectivity index (χ1v) is 3.83. The lowest BCUT2D eigenvalue weighted by atomic mass is 10.4. The van der Waals surface area contributed by atoms with E-state index >= 15 is 0 Å². The fourth-order valence-corrected chi connectivity index (χ4v) is 1.37. The lowest BCUT2D eigenvalue weighted by Crippen LogP contribution is -1.83. The zero-order valence-corrected chi connectivity index (χ0v) is 7.19. The van der Waals surface area contributed by atoms with E-state index in [9.17, 15) is 0 Å². The van der Waals surface area contributed by atoms with Crippen LogP contribution in [-0.4, -0.2) is 20.1 Å². The molecule has 0 aliphatic carbocycles. The Morgan fingerprint density at radius 3 is 2.83 bits per heavy atom. The molecule has 0 saturated carbocycles. The Morgan fingerprint density at radius 1 is 1.33 bits per heavy atom. The van der Waals surface area contributed by atoms with Crippen molar-refractivity contribution in [1.29, 1.82) is 0 Å². The van der Waals surface area contributed by atoms with Crippen molar-refractivity contribution < 1.29 is 5.11 Å². The van der Waals surface area contributed by atoms with Gasteiger partial charge in [-0.15, -0.1) is 0 Å². The summed E-state index contributed by atoms with van der Waals surface area (Å²) >= 11 is 11.2. The number of aromatic hydroxyl groups is 1. The molecular weight excluding hydrogens is 201 g/mol. The van der Waals surface area contributed by atoms with Gasteiger partial charge in [0.25, 0.3) is 0 Å². The highest BCUT2D eigenvalue weighted by molar-refractivity contribution is 6.35. The van der Waals surface area contributed by atoms with Gasteiger partial charge in [0.1, 0.15) is 10.8 Å². The summed E-state index contributed by atoms with van der Waals surface area (Å²) in [6, 6.07) is 1.44. The van der Waals surface area contributed by atoms with E-state index in [1.165, 1.54) is 6.07 Å². The Morgan fingerprint density at radius 2 is 2.08 bits per heavy atom. The van der Waals surface area contributed by atoms with Gasteiger partial charge in [0.2, 0.25) is 5.28 Å². The number of rotatable bonds is 0. The van der Waals surface area contributed by atoms with Crippen LogP contribution in [0.15, 0.2) is 6.07 Å². The standard InChI is InChI=1S/C6H3Cl2N3O/c7-4-2-1-3(12)9-5(2)11-6(8)10-4/h1,12H,(H,9,10,11). The van der Waals surface area contributed by atoms with Crippen molar-refractivity contribution in [1.82, 2.24) is 15.0 Å². The molecule has 2 heterocycles. The molecule has 0 amide bonds. The molecule has 12 heavy (non-hydrogen) atoms. The molecule has 2 aromatic heterocycles. The number of nitrogens with zero attached hydrogens (tertiary/aromatic N) is 2. The maximum Gasteiger partial charge on any atom is 0.225 e. The number of hydrogen-bond acceptors (Lipinski definition) is 3. The summed E-state index contributed by atoms with van der Waals surface area (Å²) in [4.78, 5) is 10.1. The third kappa shape index (κ3) is 1.09. The number of nitrogens with one attached hydrogen (secondary N) is 1. The molecule has 0 aliphatic heterocycles. The van der Waals surface area contributed by atoms with E-state index in [1.807, 2.05) is 0 Å². The van der Waals surface area contributed by atoms with Gasteiger partial charge in [-0.1, -0.05) is 11.6 Å². The van der Waals surface area contributed by atoms with Gasteiger partial charge < -0.3 is 10.1 Å². The zero-order valence-electron chi connectivity index (χ0n) is 5.67. The van der Waals surface area contributed by atoms with E-state index in [-0.39, 0.29) is 16.3 Å². The van der Waals surface area contributed by atoms with Crippen LogP contribution in [0.5, 0.6) is 5.88 Å². The van der Waals surface area contributed by atoms with Crippen LogP contribution in [-0.2, 0) is 0 Å². The minimum absolute atomic E-state index is 0.0107. The summed E-state index contributed by atoms with van der Waals surface area (Å²) in [6.45, 7) is 0. The van der Waals surface area contributed by atoms with Gasteiger partial charge in [-0.25, -0.2) is 4.98 Å². The van der Waals surface area contributed by atoms with E-state index in [2.05, 4.69) is 15.0 Å². The minimum atomic E-state index is -0.0107. The Labute approximate surface area is 77.2 Å². The number of H-pyrrole nitrogens is 1. The van der Waals surface area contributed by atoms with Crippen molar-refractivity contribution in [3.05, 3.63) is 16.5 Å². The quantitative estimate of drug-likeness (QED) is 0.509. The van der Waals surface area contributed by atoms with E-state index < -0.39 is 0 Å². The summed E-state index contributed by atoms with van der Waals surface area (Å²) in [5, 5.41) is 9.87. The van der Waals surface area contributed by atoms with Gasteiger partial charge in [-0.05, 0) is 11.6 Å². The molecule has 0 saturated heterocycles. The fourth-order valence-electron chi connectivity index (χ4n) is 0.934. The second kappa shape index (κ2) is 2.50. The predicted molar refractivity (Wildman–Crippen MR) is 45.6 cm³/mol. The van der Waals surface area contributed by atoms with Crippen molar-refractivity contribution in [2.75, 3.05) is 0 Å². The topological polar surface area (TPSA) is 61.8 Å². The first-order valence-electron chi connectivity index (χ1n) is 3.07. The summed E-state index contributed by atoms with van der Waals surface area (Å²) in [5.74, 6) is -0.0107. The zero-order chi connectivity index (χ0) is 8.72. The molecule has 0 fully saturated rings. The maximum absolute atomic E-state index is 9.05. The van der Waals surface area contributed by atoms with Gasteiger partial charge in [0.15, 0.2) is 5.88 Å². The Hall–Kier alpha value is -1.00. The van der Waals surface area contributed by atoms with Crippen LogP contribution in [0.2, 0.25) is 10.4 Å². The van der Waals surface area contributed by atoms with E-state index in [0.717, 1.165) is 0 Å². The van der Waals surface area contributed by atoms with Crippen LogP contribution in [0.1, 0.15) is 0 Å². The highest BCUT2D eigenvalue weighted by Gasteiger charge is 2.07. The largest absolute Gasteiger partial charge is 0.495 e. The van der Waals surface area contributed by atoms with Crippen LogP contribution in [0.3, 0.4) is 0 Å².